The molecule has 1 saturated heterocycles. The van der Waals surface area contributed by atoms with Crippen molar-refractivity contribution in [3.05, 3.63) is 59.0 Å². The lowest BCUT2D eigenvalue weighted by molar-refractivity contribution is -0.107. The lowest BCUT2D eigenvalue weighted by Crippen LogP contribution is -2.34. The van der Waals surface area contributed by atoms with Crippen molar-refractivity contribution in [2.75, 3.05) is 26.2 Å². The number of benzene rings is 2. The summed E-state index contributed by atoms with van der Waals surface area (Å²) in [6.07, 6.45) is 4.39. The molecule has 2 aromatic carbocycles. The van der Waals surface area contributed by atoms with Crippen molar-refractivity contribution in [2.24, 2.45) is 0 Å². The summed E-state index contributed by atoms with van der Waals surface area (Å²) in [5, 5.41) is 5.15. The molecule has 1 fully saturated rings. The molecular formula is C24H27FN2O3. The summed E-state index contributed by atoms with van der Waals surface area (Å²) in [6.45, 7) is 5.70. The van der Waals surface area contributed by atoms with Crippen molar-refractivity contribution in [2.45, 2.75) is 38.5 Å². The van der Waals surface area contributed by atoms with Crippen LogP contribution in [0, 0.1) is 12.7 Å². The van der Waals surface area contributed by atoms with Gasteiger partial charge in [-0.1, -0.05) is 11.2 Å². The number of rotatable bonds is 8. The van der Waals surface area contributed by atoms with E-state index in [1.54, 1.807) is 6.07 Å². The van der Waals surface area contributed by atoms with Gasteiger partial charge in [-0.15, -0.1) is 0 Å². The monoisotopic (exact) mass is 410 g/mol. The van der Waals surface area contributed by atoms with E-state index in [1.165, 1.54) is 12.1 Å². The summed E-state index contributed by atoms with van der Waals surface area (Å²) in [6, 6.07) is 10.5. The predicted molar refractivity (Wildman–Crippen MR) is 113 cm³/mol. The Morgan fingerprint density at radius 2 is 2.07 bits per heavy atom. The highest BCUT2D eigenvalue weighted by Gasteiger charge is 2.24. The normalized spacial score (nSPS) is 15.5. The lowest BCUT2D eigenvalue weighted by Gasteiger charge is -2.31. The van der Waals surface area contributed by atoms with E-state index in [9.17, 15) is 9.18 Å². The molecule has 0 saturated carbocycles. The fraction of sp³-hybridized carbons (Fsp3) is 0.417. The summed E-state index contributed by atoms with van der Waals surface area (Å²) < 4.78 is 24.6. The zero-order chi connectivity index (χ0) is 20.9. The number of fused-ring (bicyclic) bond motifs is 1. The smallest absolute Gasteiger partial charge is 0.170 e. The number of likely N-dealkylation sites (tertiary alicyclic amines) is 1. The molecule has 0 atom stereocenters. The summed E-state index contributed by atoms with van der Waals surface area (Å²) in [4.78, 5) is 13.1. The lowest BCUT2D eigenvalue weighted by atomic mass is 9.91. The van der Waals surface area contributed by atoms with Crippen LogP contribution in [0.1, 0.15) is 42.0 Å². The minimum Gasteiger partial charge on any atom is -0.494 e. The number of aromatic nitrogens is 1. The summed E-state index contributed by atoms with van der Waals surface area (Å²) in [7, 11) is 0. The minimum atomic E-state index is -0.297. The zero-order valence-corrected chi connectivity index (χ0v) is 17.3. The highest BCUT2D eigenvalue weighted by Crippen LogP contribution is 2.32. The van der Waals surface area contributed by atoms with Crippen LogP contribution < -0.4 is 4.74 Å². The van der Waals surface area contributed by atoms with Gasteiger partial charge in [0, 0.05) is 30.3 Å². The Balaban J connectivity index is 1.21. The predicted octanol–water partition coefficient (Wildman–Crippen LogP) is 4.67. The number of carbonyl (C=O) groups is 1. The molecule has 0 spiro atoms. The maximum atomic E-state index is 13.3. The van der Waals surface area contributed by atoms with Gasteiger partial charge in [0.1, 0.15) is 17.9 Å². The van der Waals surface area contributed by atoms with Crippen LogP contribution in [0.15, 0.2) is 40.9 Å². The highest BCUT2D eigenvalue weighted by atomic mass is 19.1. The van der Waals surface area contributed by atoms with Crippen LogP contribution in [0.25, 0.3) is 11.0 Å². The van der Waals surface area contributed by atoms with Gasteiger partial charge in [-0.25, -0.2) is 4.39 Å². The number of hydrogen-bond acceptors (Lipinski definition) is 5. The number of nitrogens with zero attached hydrogens (tertiary/aromatic N) is 2. The van der Waals surface area contributed by atoms with Crippen molar-refractivity contribution in [1.29, 1.82) is 0 Å². The molecule has 1 aromatic heterocycles. The van der Waals surface area contributed by atoms with E-state index in [0.717, 1.165) is 73.1 Å². The van der Waals surface area contributed by atoms with Crippen molar-refractivity contribution in [3.8, 4) is 5.75 Å². The second-order valence-corrected chi connectivity index (χ2v) is 7.99. The Hall–Kier alpha value is -2.73. The number of halogens is 1. The molecule has 0 amide bonds. The average Bonchev–Trinajstić information content (AvgIpc) is 3.16. The van der Waals surface area contributed by atoms with Crippen molar-refractivity contribution in [3.63, 3.8) is 0 Å². The molecular weight excluding hydrogens is 383 g/mol. The van der Waals surface area contributed by atoms with Gasteiger partial charge in [0.05, 0.1) is 12.3 Å². The molecule has 4 rings (SSSR count). The number of aldehydes is 1. The molecule has 0 N–H and O–H groups in total. The molecule has 1 aliphatic rings. The number of hydrogen-bond donors (Lipinski definition) is 0. The van der Waals surface area contributed by atoms with E-state index in [4.69, 9.17) is 9.26 Å². The number of piperidine rings is 1. The Kier molecular flexibility index (Phi) is 6.43. The fourth-order valence-corrected chi connectivity index (χ4v) is 4.21. The summed E-state index contributed by atoms with van der Waals surface area (Å²) >= 11 is 0. The van der Waals surface area contributed by atoms with Crippen LogP contribution in [0.3, 0.4) is 0 Å². The first-order valence-electron chi connectivity index (χ1n) is 10.6. The van der Waals surface area contributed by atoms with E-state index in [0.29, 0.717) is 24.5 Å². The quantitative estimate of drug-likeness (QED) is 0.399. The molecule has 3 aromatic rings. The van der Waals surface area contributed by atoms with Gasteiger partial charge >= 0.3 is 0 Å². The number of carbonyl (C=O) groups excluding carboxylic acids is 1. The third kappa shape index (κ3) is 4.70. The van der Waals surface area contributed by atoms with E-state index < -0.39 is 0 Å². The largest absolute Gasteiger partial charge is 0.494 e. The molecule has 6 heteroatoms. The van der Waals surface area contributed by atoms with E-state index in [1.807, 2.05) is 25.1 Å². The Bertz CT molecular complexity index is 1010. The number of aryl methyl sites for hydroxylation is 1. The zero-order valence-electron chi connectivity index (χ0n) is 17.3. The second kappa shape index (κ2) is 9.39. The molecule has 30 heavy (non-hydrogen) atoms. The molecule has 0 unspecified atom stereocenters. The Labute approximate surface area is 175 Å². The van der Waals surface area contributed by atoms with Crippen molar-refractivity contribution >= 4 is 17.3 Å². The van der Waals surface area contributed by atoms with Gasteiger partial charge in [0.2, 0.25) is 0 Å². The van der Waals surface area contributed by atoms with E-state index in [-0.39, 0.29) is 5.82 Å². The summed E-state index contributed by atoms with van der Waals surface area (Å²) in [5.74, 6) is 0.918. The minimum absolute atomic E-state index is 0.297. The maximum Gasteiger partial charge on any atom is 0.170 e. The van der Waals surface area contributed by atoms with Crippen molar-refractivity contribution < 1.29 is 18.4 Å². The molecule has 0 bridgehead atoms. The van der Waals surface area contributed by atoms with Crippen LogP contribution in [-0.2, 0) is 11.2 Å². The van der Waals surface area contributed by atoms with Crippen LogP contribution in [-0.4, -0.2) is 42.6 Å². The molecule has 158 valence electrons. The van der Waals surface area contributed by atoms with Gasteiger partial charge in [-0.2, -0.15) is 0 Å². The van der Waals surface area contributed by atoms with Crippen molar-refractivity contribution in [1.82, 2.24) is 10.1 Å². The third-order valence-electron chi connectivity index (χ3n) is 5.94. The van der Waals surface area contributed by atoms with E-state index in [2.05, 4.69) is 10.1 Å². The van der Waals surface area contributed by atoms with Crippen LogP contribution in [0.5, 0.6) is 5.75 Å². The Morgan fingerprint density at radius 1 is 1.23 bits per heavy atom. The Morgan fingerprint density at radius 3 is 2.83 bits per heavy atom. The SMILES string of the molecule is Cc1cc(OCCCN2CCC(c3noc4cc(F)ccc34)CC2)ccc1CC=O. The molecule has 2 heterocycles. The third-order valence-corrected chi connectivity index (χ3v) is 5.94. The highest BCUT2D eigenvalue weighted by molar-refractivity contribution is 5.79. The molecule has 0 aliphatic carbocycles. The molecule has 5 nitrogen and oxygen atoms in total. The molecule has 1 aliphatic heterocycles. The second-order valence-electron chi connectivity index (χ2n) is 7.99. The maximum absolute atomic E-state index is 13.3. The first-order chi connectivity index (χ1) is 14.6. The standard InChI is InChI=1S/C24H27FN2O3/c1-17-15-21(5-3-18(17)9-13-28)29-14-2-10-27-11-7-19(8-12-27)24-22-6-4-20(25)16-23(22)30-26-24/h3-6,13,15-16,19H,2,7-12,14H2,1H3. The molecule has 0 radical (unpaired) electrons. The topological polar surface area (TPSA) is 55.6 Å². The first kappa shape index (κ1) is 20.5. The van der Waals surface area contributed by atoms with Crippen LogP contribution in [0.2, 0.25) is 0 Å². The summed E-state index contributed by atoms with van der Waals surface area (Å²) in [5.41, 5.74) is 3.62. The van der Waals surface area contributed by atoms with Gasteiger partial charge in [-0.05, 0) is 74.7 Å². The van der Waals surface area contributed by atoms with Gasteiger partial charge < -0.3 is 19.0 Å². The van der Waals surface area contributed by atoms with Gasteiger partial charge in [-0.3, -0.25) is 0 Å². The van der Waals surface area contributed by atoms with Gasteiger partial charge in [0.15, 0.2) is 5.58 Å². The van der Waals surface area contributed by atoms with Crippen LogP contribution in [0.4, 0.5) is 4.39 Å². The number of ether oxygens (including phenoxy) is 1. The fourth-order valence-electron chi connectivity index (χ4n) is 4.21. The average molecular weight is 410 g/mol. The van der Waals surface area contributed by atoms with E-state index >= 15 is 0 Å². The van der Waals surface area contributed by atoms with Crippen LogP contribution >= 0.6 is 0 Å². The first-order valence-corrected chi connectivity index (χ1v) is 10.6. The van der Waals surface area contributed by atoms with Gasteiger partial charge in [0.25, 0.3) is 0 Å².